The van der Waals surface area contributed by atoms with Crippen molar-refractivity contribution < 1.29 is 4.84 Å². The predicted octanol–water partition coefficient (Wildman–Crippen LogP) is 0.180. The molecule has 0 aromatic rings. The van der Waals surface area contributed by atoms with Crippen LogP contribution in [0.15, 0.2) is 6.08 Å². The summed E-state index contributed by atoms with van der Waals surface area (Å²) in [6, 6.07) is 0. The first kappa shape index (κ1) is 3.68. The van der Waals surface area contributed by atoms with Crippen LogP contribution in [-0.4, -0.2) is 18.7 Å². The van der Waals surface area contributed by atoms with Crippen LogP contribution in [0.1, 0.15) is 0 Å². The lowest BCUT2D eigenvalue weighted by atomic mass is 10.6. The number of hydrogen-bond acceptors (Lipinski definition) is 2. The van der Waals surface area contributed by atoms with Gasteiger partial charge in [0.05, 0.1) is 6.54 Å². The van der Waals surface area contributed by atoms with E-state index < -0.39 is 0 Å². The number of nitrogens with zero attached hydrogens (tertiary/aromatic N) is 1. The van der Waals surface area contributed by atoms with Gasteiger partial charge < -0.3 is 4.84 Å². The average Bonchev–Trinajstić information content (AvgIpc) is 1.86. The molecular formula is C4H6NO. The Morgan fingerprint density at radius 2 is 2.83 bits per heavy atom. The number of rotatable bonds is 0. The van der Waals surface area contributed by atoms with E-state index in [0.717, 1.165) is 6.54 Å². The number of hydroxylamine groups is 2. The van der Waals surface area contributed by atoms with Crippen molar-refractivity contribution in [2.45, 2.75) is 0 Å². The second-order valence-electron chi connectivity index (χ2n) is 1.22. The predicted molar refractivity (Wildman–Crippen MR) is 21.5 cm³/mol. The summed E-state index contributed by atoms with van der Waals surface area (Å²) in [6.07, 6.45) is 4.41. The van der Waals surface area contributed by atoms with Gasteiger partial charge >= 0.3 is 0 Å². The Morgan fingerprint density at radius 1 is 2.00 bits per heavy atom. The molecule has 0 saturated carbocycles. The Hall–Kier alpha value is -0.500. The molecule has 0 spiro atoms. The van der Waals surface area contributed by atoms with Crippen molar-refractivity contribution >= 4 is 0 Å². The molecule has 0 aliphatic carbocycles. The molecule has 0 unspecified atom stereocenters. The Bertz CT molecular complexity index is 61.9. The first-order valence-electron chi connectivity index (χ1n) is 1.85. The van der Waals surface area contributed by atoms with Gasteiger partial charge in [0, 0.05) is 7.05 Å². The molecule has 1 aliphatic heterocycles. The molecule has 33 valence electrons. The van der Waals surface area contributed by atoms with Crippen LogP contribution >= 0.6 is 0 Å². The number of hydrogen-bond donors (Lipinski definition) is 0. The van der Waals surface area contributed by atoms with Crippen LogP contribution in [0.4, 0.5) is 0 Å². The van der Waals surface area contributed by atoms with Gasteiger partial charge in [-0.25, -0.2) is 0 Å². The summed E-state index contributed by atoms with van der Waals surface area (Å²) in [7, 11) is 1.86. The highest BCUT2D eigenvalue weighted by molar-refractivity contribution is 4.73. The van der Waals surface area contributed by atoms with Gasteiger partial charge in [-0.1, -0.05) is 0 Å². The van der Waals surface area contributed by atoms with E-state index in [9.17, 15) is 0 Å². The zero-order chi connectivity index (χ0) is 4.41. The van der Waals surface area contributed by atoms with Gasteiger partial charge in [0.2, 0.25) is 0 Å². The third kappa shape index (κ3) is 0.518. The zero-order valence-corrected chi connectivity index (χ0v) is 3.64. The van der Waals surface area contributed by atoms with Crippen LogP contribution in [0.3, 0.4) is 0 Å². The maximum Gasteiger partial charge on any atom is 0.189 e. The van der Waals surface area contributed by atoms with Crippen molar-refractivity contribution in [2.75, 3.05) is 13.6 Å². The molecule has 2 heteroatoms. The Labute approximate surface area is 37.0 Å². The molecule has 0 bridgehead atoms. The van der Waals surface area contributed by atoms with Crippen molar-refractivity contribution in [2.24, 2.45) is 0 Å². The van der Waals surface area contributed by atoms with Crippen molar-refractivity contribution in [3.8, 4) is 0 Å². The second-order valence-corrected chi connectivity index (χ2v) is 1.22. The Kier molecular flexibility index (Phi) is 0.801. The first-order chi connectivity index (χ1) is 2.89. The van der Waals surface area contributed by atoms with Gasteiger partial charge in [-0.05, 0) is 6.08 Å². The monoisotopic (exact) mass is 84.0 g/mol. The summed E-state index contributed by atoms with van der Waals surface area (Å²) in [5.74, 6) is 0. The summed E-state index contributed by atoms with van der Waals surface area (Å²) in [6.45, 7) is 0.861. The highest BCUT2D eigenvalue weighted by Crippen LogP contribution is 1.92. The molecule has 1 rings (SSSR count). The summed E-state index contributed by atoms with van der Waals surface area (Å²) in [4.78, 5) is 4.68. The fourth-order valence-electron chi connectivity index (χ4n) is 0.330. The zero-order valence-electron chi connectivity index (χ0n) is 3.64. The van der Waals surface area contributed by atoms with Gasteiger partial charge in [-0.15, -0.1) is 5.06 Å². The minimum atomic E-state index is 0.861. The summed E-state index contributed by atoms with van der Waals surface area (Å²) in [5.41, 5.74) is 0. The molecular weight excluding hydrogens is 78.0 g/mol. The topological polar surface area (TPSA) is 12.5 Å². The minimum absolute atomic E-state index is 0.861. The molecule has 1 radical (unpaired) electrons. The number of likely N-dealkylation sites (N-methyl/N-ethyl adjacent to an activating group) is 1. The van der Waals surface area contributed by atoms with E-state index in [4.69, 9.17) is 0 Å². The molecule has 6 heavy (non-hydrogen) atoms. The smallest absolute Gasteiger partial charge is 0.189 e. The van der Waals surface area contributed by atoms with Crippen LogP contribution in [0, 0.1) is 6.26 Å². The maximum absolute atomic E-state index is 4.68. The van der Waals surface area contributed by atoms with Crippen LogP contribution < -0.4 is 0 Å². The minimum Gasteiger partial charge on any atom is -0.402 e. The van der Waals surface area contributed by atoms with E-state index in [1.807, 2.05) is 13.1 Å². The Balaban J connectivity index is 2.32. The molecule has 0 amide bonds. The largest absolute Gasteiger partial charge is 0.402 e. The second kappa shape index (κ2) is 1.30. The third-order valence-corrected chi connectivity index (χ3v) is 0.640. The quantitative estimate of drug-likeness (QED) is 0.415. The van der Waals surface area contributed by atoms with Gasteiger partial charge in [0.25, 0.3) is 0 Å². The van der Waals surface area contributed by atoms with Crippen molar-refractivity contribution in [3.63, 3.8) is 0 Å². The lowest BCUT2D eigenvalue weighted by Crippen LogP contribution is -2.09. The molecule has 0 aromatic heterocycles. The summed E-state index contributed by atoms with van der Waals surface area (Å²) in [5, 5.41) is 1.69. The molecule has 0 atom stereocenters. The third-order valence-electron chi connectivity index (χ3n) is 0.640. The van der Waals surface area contributed by atoms with Gasteiger partial charge in [0.1, 0.15) is 0 Å². The molecule has 1 heterocycles. The fraction of sp³-hybridized carbons (Fsp3) is 0.500. The molecule has 1 aliphatic rings. The molecule has 0 N–H and O–H groups in total. The summed E-state index contributed by atoms with van der Waals surface area (Å²) >= 11 is 0. The Morgan fingerprint density at radius 3 is 3.00 bits per heavy atom. The normalized spacial score (nSPS) is 21.5. The highest BCUT2D eigenvalue weighted by Gasteiger charge is 1.97. The molecule has 0 saturated heterocycles. The van der Waals surface area contributed by atoms with Crippen molar-refractivity contribution in [1.29, 1.82) is 0 Å². The van der Waals surface area contributed by atoms with Crippen LogP contribution in [0.25, 0.3) is 0 Å². The van der Waals surface area contributed by atoms with E-state index in [0.29, 0.717) is 0 Å². The fourth-order valence-corrected chi connectivity index (χ4v) is 0.330. The van der Waals surface area contributed by atoms with Gasteiger partial charge in [-0.2, -0.15) is 0 Å². The lowest BCUT2D eigenvalue weighted by molar-refractivity contribution is -0.0602. The lowest BCUT2D eigenvalue weighted by Gasteiger charge is -2.01. The summed E-state index contributed by atoms with van der Waals surface area (Å²) < 4.78 is 0. The molecule has 0 fully saturated rings. The van der Waals surface area contributed by atoms with E-state index in [1.165, 1.54) is 0 Å². The van der Waals surface area contributed by atoms with Crippen molar-refractivity contribution in [1.82, 2.24) is 5.06 Å². The maximum atomic E-state index is 4.68. The van der Waals surface area contributed by atoms with Crippen LogP contribution in [-0.2, 0) is 4.84 Å². The average molecular weight is 84.1 g/mol. The van der Waals surface area contributed by atoms with E-state index >= 15 is 0 Å². The van der Waals surface area contributed by atoms with E-state index in [2.05, 4.69) is 11.1 Å². The van der Waals surface area contributed by atoms with Gasteiger partial charge in [-0.3, -0.25) is 0 Å². The first-order valence-corrected chi connectivity index (χ1v) is 1.85. The van der Waals surface area contributed by atoms with Crippen LogP contribution in [0.2, 0.25) is 0 Å². The molecule has 2 nitrogen and oxygen atoms in total. The van der Waals surface area contributed by atoms with E-state index in [1.54, 1.807) is 5.06 Å². The van der Waals surface area contributed by atoms with E-state index in [-0.39, 0.29) is 0 Å². The van der Waals surface area contributed by atoms with Crippen molar-refractivity contribution in [3.05, 3.63) is 12.3 Å². The molecule has 0 aromatic carbocycles. The van der Waals surface area contributed by atoms with Crippen LogP contribution in [0.5, 0.6) is 0 Å². The standard InChI is InChI=1S/C4H6NO/c1-5-3-2-4-6-5/h2H,3H2,1H3. The highest BCUT2D eigenvalue weighted by atomic mass is 16.7. The van der Waals surface area contributed by atoms with Gasteiger partial charge in [0.15, 0.2) is 6.26 Å². The SMILES string of the molecule is CN1CC=[C]O1.